The molecule has 0 radical (unpaired) electrons. The molecule has 0 aliphatic rings. The third-order valence-electron chi connectivity index (χ3n) is 2.43. The number of hydrogen-bond acceptors (Lipinski definition) is 3. The van der Waals surface area contributed by atoms with E-state index in [2.05, 4.69) is 20.4 Å². The van der Waals surface area contributed by atoms with Gasteiger partial charge in [0.05, 0.1) is 0 Å². The Morgan fingerprint density at radius 2 is 2.14 bits per heavy atom. The molecule has 0 aromatic rings. The Morgan fingerprint density at radius 3 is 2.50 bits per heavy atom. The first-order chi connectivity index (χ1) is 6.64. The third kappa shape index (κ3) is 4.06. The van der Waals surface area contributed by atoms with Crippen LogP contribution in [0.2, 0.25) is 12.1 Å². The Kier molecular flexibility index (Phi) is 6.49. The maximum Gasteiger partial charge on any atom is 0.329 e. The van der Waals surface area contributed by atoms with Gasteiger partial charge in [-0.25, -0.2) is 4.79 Å². The van der Waals surface area contributed by atoms with Crippen molar-refractivity contribution >= 4 is 14.3 Å². The molecule has 0 saturated carbocycles. The van der Waals surface area contributed by atoms with Crippen LogP contribution in [0.4, 0.5) is 0 Å². The van der Waals surface area contributed by atoms with Crippen molar-refractivity contribution in [1.82, 2.24) is 0 Å². The van der Waals surface area contributed by atoms with Crippen LogP contribution >= 0.6 is 0 Å². The van der Waals surface area contributed by atoms with Gasteiger partial charge in [0, 0.05) is 13.2 Å². The second-order valence-corrected chi connectivity index (χ2v) is 7.57. The highest BCUT2D eigenvalue weighted by atomic mass is 28.4. The fraction of sp³-hybridized carbons (Fsp3) is 0.700. The van der Waals surface area contributed by atoms with Gasteiger partial charge in [-0.15, -0.1) is 0 Å². The average Bonchev–Trinajstić information content (AvgIpc) is 2.24. The Labute approximate surface area is 87.2 Å². The van der Waals surface area contributed by atoms with Crippen LogP contribution in [0, 0.1) is 0 Å². The predicted octanol–water partition coefficient (Wildman–Crippen LogP) is 2.28. The first-order valence-electron chi connectivity index (χ1n) is 4.98. The molecule has 0 fully saturated rings. The van der Waals surface area contributed by atoms with Crippen molar-refractivity contribution in [2.45, 2.75) is 32.4 Å². The van der Waals surface area contributed by atoms with Gasteiger partial charge in [0.15, 0.2) is 0 Å². The van der Waals surface area contributed by atoms with Crippen molar-refractivity contribution in [1.29, 1.82) is 0 Å². The van der Waals surface area contributed by atoms with Crippen molar-refractivity contribution in [3.05, 3.63) is 12.7 Å². The smallest absolute Gasteiger partial charge is 0.329 e. The zero-order valence-electron chi connectivity index (χ0n) is 9.34. The molecule has 0 aliphatic carbocycles. The molecule has 0 aliphatic heterocycles. The van der Waals surface area contributed by atoms with Crippen LogP contribution < -0.4 is 0 Å². The lowest BCUT2D eigenvalue weighted by molar-refractivity contribution is -0.136. The van der Waals surface area contributed by atoms with E-state index in [1.54, 1.807) is 7.11 Å². The zero-order valence-corrected chi connectivity index (χ0v) is 10.3. The summed E-state index contributed by atoms with van der Waals surface area (Å²) in [5, 5.41) is 0. The van der Waals surface area contributed by atoms with Crippen molar-refractivity contribution in [2.75, 3.05) is 13.3 Å². The molecule has 0 aromatic carbocycles. The molecule has 82 valence electrons. The van der Waals surface area contributed by atoms with E-state index >= 15 is 0 Å². The molecule has 4 heteroatoms. The summed E-state index contributed by atoms with van der Waals surface area (Å²) in [7, 11) is -0.0979. The molecule has 1 unspecified atom stereocenters. The molecular formula is C10H20O3Si. The molecule has 0 rings (SSSR count). The number of carbonyl (C=O) groups is 1. The molecule has 0 saturated heterocycles. The summed E-state index contributed by atoms with van der Waals surface area (Å²) in [6.45, 7) is 7.57. The van der Waals surface area contributed by atoms with Crippen LogP contribution in [0.5, 0.6) is 0 Å². The zero-order chi connectivity index (χ0) is 11.0. The number of esters is 1. The van der Waals surface area contributed by atoms with Crippen LogP contribution in [-0.2, 0) is 14.0 Å². The average molecular weight is 216 g/mol. The largest absolute Gasteiger partial charge is 0.463 e. The molecule has 0 N–H and O–H groups in total. The van der Waals surface area contributed by atoms with E-state index in [1.807, 2.05) is 0 Å². The first-order valence-corrected chi connectivity index (χ1v) is 7.51. The highest BCUT2D eigenvalue weighted by molar-refractivity contribution is 6.73. The quantitative estimate of drug-likeness (QED) is 0.372. The lowest BCUT2D eigenvalue weighted by Crippen LogP contribution is -2.42. The number of rotatable bonds is 7. The van der Waals surface area contributed by atoms with Crippen LogP contribution in [0.1, 0.15) is 20.3 Å². The van der Waals surface area contributed by atoms with Gasteiger partial charge in [-0.3, -0.25) is 0 Å². The Morgan fingerprint density at radius 1 is 1.50 bits per heavy atom. The van der Waals surface area contributed by atoms with Gasteiger partial charge in [0.1, 0.15) is 6.23 Å². The van der Waals surface area contributed by atoms with Gasteiger partial charge < -0.3 is 9.16 Å². The molecule has 0 heterocycles. The lowest BCUT2D eigenvalue weighted by Gasteiger charge is -2.27. The Bertz CT molecular complexity index is 188. The third-order valence-corrected chi connectivity index (χ3v) is 6.66. The van der Waals surface area contributed by atoms with Crippen molar-refractivity contribution in [3.63, 3.8) is 0 Å². The normalized spacial score (nSPS) is 14.5. The number of hydrogen-bond donors (Lipinski definition) is 0. The minimum absolute atomic E-state index is 0.358. The fourth-order valence-corrected chi connectivity index (χ4v) is 4.00. The second kappa shape index (κ2) is 6.78. The summed E-state index contributed by atoms with van der Waals surface area (Å²) in [5.74, 6) is -0.358. The maximum atomic E-state index is 10.9. The maximum absolute atomic E-state index is 10.9. The van der Waals surface area contributed by atoms with E-state index in [9.17, 15) is 4.79 Å². The molecule has 0 bridgehead atoms. The molecule has 0 amide bonds. The summed E-state index contributed by atoms with van der Waals surface area (Å²) >= 11 is 0. The SMILES string of the molecule is C=CC(=O)OC[Si](CC)(CCC)OC. The Hall–Kier alpha value is -0.613. The highest BCUT2D eigenvalue weighted by Gasteiger charge is 2.32. The topological polar surface area (TPSA) is 35.5 Å². The monoisotopic (exact) mass is 216 g/mol. The van der Waals surface area contributed by atoms with Gasteiger partial charge in [0.2, 0.25) is 8.32 Å². The number of ether oxygens (including phenoxy) is 1. The van der Waals surface area contributed by atoms with Gasteiger partial charge in [-0.2, -0.15) is 0 Å². The summed E-state index contributed by atoms with van der Waals surface area (Å²) < 4.78 is 10.6. The summed E-state index contributed by atoms with van der Waals surface area (Å²) in [6.07, 6.45) is 2.70. The van der Waals surface area contributed by atoms with E-state index in [0.29, 0.717) is 6.23 Å². The van der Waals surface area contributed by atoms with Crippen molar-refractivity contribution < 1.29 is 14.0 Å². The summed E-state index contributed by atoms with van der Waals surface area (Å²) in [5.41, 5.74) is 0. The van der Waals surface area contributed by atoms with E-state index in [1.165, 1.54) is 6.08 Å². The van der Waals surface area contributed by atoms with E-state index in [4.69, 9.17) is 9.16 Å². The Balaban J connectivity index is 4.19. The van der Waals surface area contributed by atoms with E-state index in [-0.39, 0.29) is 5.97 Å². The molecule has 14 heavy (non-hydrogen) atoms. The molecule has 3 nitrogen and oxygen atoms in total. The van der Waals surface area contributed by atoms with Crippen molar-refractivity contribution in [3.8, 4) is 0 Å². The standard InChI is InChI=1S/C10H20O3Si/c1-5-8-14(7-3,12-4)9-13-10(11)6-2/h6H,2,5,7-9H2,1,3-4H3. The minimum atomic E-state index is -1.81. The predicted molar refractivity (Wildman–Crippen MR) is 59.5 cm³/mol. The van der Waals surface area contributed by atoms with E-state index < -0.39 is 8.32 Å². The van der Waals surface area contributed by atoms with Gasteiger partial charge in [-0.05, 0) is 12.1 Å². The summed E-state index contributed by atoms with van der Waals surface area (Å²) in [6, 6.07) is 2.01. The van der Waals surface area contributed by atoms with Crippen LogP contribution in [0.15, 0.2) is 12.7 Å². The lowest BCUT2D eigenvalue weighted by atomic mass is 10.6. The van der Waals surface area contributed by atoms with Crippen molar-refractivity contribution in [2.24, 2.45) is 0 Å². The summed E-state index contributed by atoms with van der Waals surface area (Å²) in [4.78, 5) is 10.9. The van der Waals surface area contributed by atoms with Crippen LogP contribution in [0.25, 0.3) is 0 Å². The van der Waals surface area contributed by atoms with Crippen LogP contribution in [-0.4, -0.2) is 27.6 Å². The van der Waals surface area contributed by atoms with Gasteiger partial charge >= 0.3 is 5.97 Å². The van der Waals surface area contributed by atoms with E-state index in [0.717, 1.165) is 18.5 Å². The molecule has 0 aromatic heterocycles. The molecule has 0 spiro atoms. The fourth-order valence-electron chi connectivity index (χ4n) is 1.37. The number of carbonyl (C=O) groups excluding carboxylic acids is 1. The highest BCUT2D eigenvalue weighted by Crippen LogP contribution is 2.18. The van der Waals surface area contributed by atoms with Gasteiger partial charge in [-0.1, -0.05) is 26.8 Å². The van der Waals surface area contributed by atoms with Crippen LogP contribution in [0.3, 0.4) is 0 Å². The second-order valence-electron chi connectivity index (χ2n) is 3.30. The first kappa shape index (κ1) is 13.4. The molecule has 1 atom stereocenters. The van der Waals surface area contributed by atoms with Gasteiger partial charge in [0.25, 0.3) is 0 Å². The minimum Gasteiger partial charge on any atom is -0.463 e. The molecular weight excluding hydrogens is 196 g/mol.